The van der Waals surface area contributed by atoms with Crippen molar-refractivity contribution in [3.05, 3.63) is 63.7 Å². The van der Waals surface area contributed by atoms with E-state index in [1.165, 1.54) is 14.6 Å². The second kappa shape index (κ2) is 10.1. The summed E-state index contributed by atoms with van der Waals surface area (Å²) in [5.41, 5.74) is 0.856. The van der Waals surface area contributed by atoms with Gasteiger partial charge in [-0.2, -0.15) is 4.31 Å². The zero-order valence-corrected chi connectivity index (χ0v) is 19.2. The summed E-state index contributed by atoms with van der Waals surface area (Å²) in [7, 11) is -3.47. The number of rotatable bonds is 6. The molecule has 0 unspecified atom stereocenters. The van der Waals surface area contributed by atoms with E-state index < -0.39 is 10.0 Å². The van der Waals surface area contributed by atoms with Crippen LogP contribution in [0, 0.1) is 5.92 Å². The van der Waals surface area contributed by atoms with Crippen molar-refractivity contribution in [1.29, 1.82) is 0 Å². The fourth-order valence-corrected chi connectivity index (χ4v) is 6.15. The normalized spacial score (nSPS) is 19.8. The van der Waals surface area contributed by atoms with E-state index in [2.05, 4.69) is 22.4 Å². The number of piperidine rings is 1. The lowest BCUT2D eigenvalue weighted by atomic mass is 9.96. The summed E-state index contributed by atoms with van der Waals surface area (Å²) in [5, 5.41) is 3.37. The van der Waals surface area contributed by atoms with Crippen LogP contribution < -0.4 is 0 Å². The smallest absolute Gasteiger partial charge is 0.236 e. The minimum absolute atomic E-state index is 0.0756. The summed E-state index contributed by atoms with van der Waals surface area (Å²) >= 11 is 1.77. The van der Waals surface area contributed by atoms with E-state index in [1.54, 1.807) is 17.4 Å². The Kier molecular flexibility index (Phi) is 7.22. The summed E-state index contributed by atoms with van der Waals surface area (Å²) in [4.78, 5) is 18.7. The minimum Gasteiger partial charge on any atom is -0.340 e. The number of piperazine rings is 1. The molecule has 0 N–H and O–H groups in total. The third-order valence-electron chi connectivity index (χ3n) is 6.04. The molecule has 1 amide bonds. The summed E-state index contributed by atoms with van der Waals surface area (Å²) < 4.78 is 26.8. The topological polar surface area (TPSA) is 60.9 Å². The van der Waals surface area contributed by atoms with Crippen LogP contribution in [0.5, 0.6) is 0 Å². The van der Waals surface area contributed by atoms with E-state index in [-0.39, 0.29) is 11.8 Å². The predicted octanol–water partition coefficient (Wildman–Crippen LogP) is 3.11. The highest BCUT2D eigenvalue weighted by Crippen LogP contribution is 2.24. The highest BCUT2D eigenvalue weighted by molar-refractivity contribution is 7.92. The van der Waals surface area contributed by atoms with Crippen molar-refractivity contribution in [2.24, 2.45) is 5.92 Å². The van der Waals surface area contributed by atoms with Crippen LogP contribution in [0.2, 0.25) is 0 Å². The highest BCUT2D eigenvalue weighted by atomic mass is 32.2. The van der Waals surface area contributed by atoms with Gasteiger partial charge in [0.1, 0.15) is 0 Å². The van der Waals surface area contributed by atoms with Crippen LogP contribution in [0.1, 0.15) is 23.3 Å². The van der Waals surface area contributed by atoms with Crippen LogP contribution in [0.4, 0.5) is 0 Å². The second-order valence-electron chi connectivity index (χ2n) is 8.11. The molecule has 31 heavy (non-hydrogen) atoms. The fraction of sp³-hybridized carbons (Fsp3) is 0.435. The van der Waals surface area contributed by atoms with Crippen LogP contribution in [0.15, 0.2) is 53.3 Å². The van der Waals surface area contributed by atoms with Crippen LogP contribution in [-0.4, -0.2) is 67.7 Å². The van der Waals surface area contributed by atoms with Crippen molar-refractivity contribution < 1.29 is 13.2 Å². The molecule has 0 spiro atoms. The molecular formula is C23H29N3O3S2. The van der Waals surface area contributed by atoms with Gasteiger partial charge in [0.25, 0.3) is 0 Å². The Balaban J connectivity index is 1.25. The summed E-state index contributed by atoms with van der Waals surface area (Å²) in [6.07, 6.45) is 2.81. The maximum Gasteiger partial charge on any atom is 0.236 e. The number of thiophene rings is 1. The number of hydrogen-bond donors (Lipinski definition) is 0. The monoisotopic (exact) mass is 459 g/mol. The van der Waals surface area contributed by atoms with Gasteiger partial charge in [-0.3, -0.25) is 9.69 Å². The SMILES string of the molecule is O=C(C1CCN(S(=O)(=O)C=Cc2ccccc2)CC1)N1CCN(Cc2cccs2)CC1. The number of nitrogens with zero attached hydrogens (tertiary/aromatic N) is 3. The van der Waals surface area contributed by atoms with Crippen molar-refractivity contribution >= 4 is 33.3 Å². The van der Waals surface area contributed by atoms with Crippen molar-refractivity contribution in [2.75, 3.05) is 39.3 Å². The molecule has 1 aromatic carbocycles. The second-order valence-corrected chi connectivity index (χ2v) is 11.0. The standard InChI is InChI=1S/C23H29N3O3S2/c27-23(25-15-13-24(14-16-25)19-22-7-4-17-30-22)21-8-11-26(12-9-21)31(28,29)18-10-20-5-2-1-3-6-20/h1-7,10,17-18,21H,8-9,11-16,19H2. The van der Waals surface area contributed by atoms with E-state index in [4.69, 9.17) is 0 Å². The Bertz CT molecular complexity index is 974. The van der Waals surface area contributed by atoms with Crippen molar-refractivity contribution in [3.8, 4) is 0 Å². The Morgan fingerprint density at radius 3 is 2.32 bits per heavy atom. The van der Waals surface area contributed by atoms with Gasteiger partial charge in [0.2, 0.25) is 15.9 Å². The van der Waals surface area contributed by atoms with Crippen LogP contribution in [-0.2, 0) is 21.4 Å². The van der Waals surface area contributed by atoms with Crippen molar-refractivity contribution in [3.63, 3.8) is 0 Å². The third kappa shape index (κ3) is 5.83. The molecule has 0 radical (unpaired) electrons. The zero-order valence-electron chi connectivity index (χ0n) is 17.6. The van der Waals surface area contributed by atoms with E-state index in [9.17, 15) is 13.2 Å². The van der Waals surface area contributed by atoms with E-state index in [1.807, 2.05) is 35.2 Å². The van der Waals surface area contributed by atoms with E-state index in [0.717, 1.165) is 38.3 Å². The molecule has 2 saturated heterocycles. The first-order valence-corrected chi connectivity index (χ1v) is 13.2. The minimum atomic E-state index is -3.47. The fourth-order valence-electron chi connectivity index (χ4n) is 4.18. The van der Waals surface area contributed by atoms with Crippen molar-refractivity contribution in [1.82, 2.24) is 14.1 Å². The molecule has 0 bridgehead atoms. The maximum atomic E-state index is 13.0. The molecule has 0 aliphatic carbocycles. The summed E-state index contributed by atoms with van der Waals surface area (Å²) in [6, 6.07) is 13.6. The van der Waals surface area contributed by atoms with Gasteiger partial charge in [-0.15, -0.1) is 11.3 Å². The van der Waals surface area contributed by atoms with Crippen molar-refractivity contribution in [2.45, 2.75) is 19.4 Å². The van der Waals surface area contributed by atoms with E-state index >= 15 is 0 Å². The molecule has 4 rings (SSSR count). The van der Waals surface area contributed by atoms with E-state index in [0.29, 0.717) is 25.9 Å². The number of benzene rings is 1. The Morgan fingerprint density at radius 1 is 0.968 bits per heavy atom. The largest absolute Gasteiger partial charge is 0.340 e. The average Bonchev–Trinajstić information content (AvgIpc) is 3.32. The Labute approximate surface area is 188 Å². The Morgan fingerprint density at radius 2 is 1.68 bits per heavy atom. The summed E-state index contributed by atoms with van der Waals surface area (Å²) in [5.74, 6) is 0.112. The van der Waals surface area contributed by atoms with Gasteiger partial charge in [-0.05, 0) is 35.9 Å². The number of amides is 1. The first kappa shape index (κ1) is 22.2. The predicted molar refractivity (Wildman–Crippen MR) is 125 cm³/mol. The molecule has 0 saturated carbocycles. The van der Waals surface area contributed by atoms with Gasteiger partial charge in [0.05, 0.1) is 0 Å². The zero-order chi connectivity index (χ0) is 21.7. The lowest BCUT2D eigenvalue weighted by Crippen LogP contribution is -2.51. The number of hydrogen-bond acceptors (Lipinski definition) is 5. The molecule has 166 valence electrons. The first-order chi connectivity index (χ1) is 15.0. The molecule has 2 fully saturated rings. The lowest BCUT2D eigenvalue weighted by molar-refractivity contribution is -0.138. The maximum absolute atomic E-state index is 13.0. The molecular weight excluding hydrogens is 430 g/mol. The number of sulfonamides is 1. The molecule has 2 aromatic rings. The summed E-state index contributed by atoms with van der Waals surface area (Å²) in [6.45, 7) is 5.03. The van der Waals surface area contributed by atoms with Gasteiger partial charge in [0, 0.05) is 62.0 Å². The lowest BCUT2D eigenvalue weighted by Gasteiger charge is -2.38. The molecule has 0 atom stereocenters. The van der Waals surface area contributed by atoms with Gasteiger partial charge in [-0.1, -0.05) is 36.4 Å². The third-order valence-corrected chi connectivity index (χ3v) is 8.46. The van der Waals surface area contributed by atoms with Crippen LogP contribution in [0.3, 0.4) is 0 Å². The number of carbonyl (C=O) groups excluding carboxylic acids is 1. The van der Waals surface area contributed by atoms with Crippen LogP contribution in [0.25, 0.3) is 6.08 Å². The highest BCUT2D eigenvalue weighted by Gasteiger charge is 2.33. The van der Waals surface area contributed by atoms with Gasteiger partial charge >= 0.3 is 0 Å². The molecule has 2 aliphatic rings. The van der Waals surface area contributed by atoms with Crippen LogP contribution >= 0.6 is 11.3 Å². The molecule has 2 aliphatic heterocycles. The Hall–Kier alpha value is -2.00. The van der Waals surface area contributed by atoms with Gasteiger partial charge in [0.15, 0.2) is 0 Å². The molecule has 1 aromatic heterocycles. The first-order valence-electron chi connectivity index (χ1n) is 10.8. The van der Waals surface area contributed by atoms with Gasteiger partial charge in [-0.25, -0.2) is 8.42 Å². The molecule has 8 heteroatoms. The quantitative estimate of drug-likeness (QED) is 0.666. The van der Waals surface area contributed by atoms with Gasteiger partial charge < -0.3 is 4.90 Å². The molecule has 6 nitrogen and oxygen atoms in total. The average molecular weight is 460 g/mol. The molecule has 3 heterocycles. The number of carbonyl (C=O) groups is 1.